The second-order valence-corrected chi connectivity index (χ2v) is 8.89. The fourth-order valence-electron chi connectivity index (χ4n) is 3.15. The molecule has 0 unspecified atom stereocenters. The van der Waals surface area contributed by atoms with Crippen molar-refractivity contribution in [1.82, 2.24) is 20.5 Å². The fraction of sp³-hybridized carbons (Fsp3) is 0.240. The molecule has 10 heteroatoms. The zero-order valence-corrected chi connectivity index (χ0v) is 20.1. The van der Waals surface area contributed by atoms with Gasteiger partial charge >= 0.3 is 0 Å². The second-order valence-electron chi connectivity index (χ2n) is 7.83. The van der Waals surface area contributed by atoms with Crippen molar-refractivity contribution in [2.45, 2.75) is 38.5 Å². The zero-order valence-electron chi connectivity index (χ0n) is 19.3. The molecule has 35 heavy (non-hydrogen) atoms. The lowest BCUT2D eigenvalue weighted by atomic mass is 10.1. The number of anilines is 1. The number of benzene rings is 1. The Hall–Kier alpha value is -4.05. The molecular formula is C25H29N7O2S. The van der Waals surface area contributed by atoms with Crippen molar-refractivity contribution < 1.29 is 9.59 Å². The van der Waals surface area contributed by atoms with E-state index < -0.39 is 0 Å². The summed E-state index contributed by atoms with van der Waals surface area (Å²) >= 11 is 1.38. The number of nitrogens with two attached hydrogens (primary N) is 2. The Balaban J connectivity index is 1.33. The number of amides is 2. The minimum absolute atomic E-state index is 0.114. The third-order valence-electron chi connectivity index (χ3n) is 4.86. The number of nitrogens with one attached hydrogen (secondary N) is 2. The quantitative estimate of drug-likeness (QED) is 0.225. The molecule has 0 aliphatic carbocycles. The summed E-state index contributed by atoms with van der Waals surface area (Å²) < 4.78 is 0. The SMILES string of the molecule is N/C(=C\C=C(/N)NC(=O)Cc1ccccn1)CCCCc1nnc(NC(=O)Cc2ccccc2)s1. The highest BCUT2D eigenvalue weighted by atomic mass is 32.1. The first-order valence-electron chi connectivity index (χ1n) is 11.3. The minimum Gasteiger partial charge on any atom is -0.402 e. The Bertz CT molecular complexity index is 1160. The van der Waals surface area contributed by atoms with Gasteiger partial charge in [0.2, 0.25) is 16.9 Å². The number of rotatable bonds is 12. The first-order valence-corrected chi connectivity index (χ1v) is 12.1. The number of allylic oxidation sites excluding steroid dienone is 3. The van der Waals surface area contributed by atoms with E-state index in [9.17, 15) is 9.59 Å². The maximum Gasteiger partial charge on any atom is 0.231 e. The van der Waals surface area contributed by atoms with Crippen molar-refractivity contribution in [3.05, 3.63) is 94.7 Å². The summed E-state index contributed by atoms with van der Waals surface area (Å²) in [5.41, 5.74) is 14.2. The number of hydrogen-bond acceptors (Lipinski definition) is 8. The van der Waals surface area contributed by atoms with E-state index in [-0.39, 0.29) is 24.1 Å². The Morgan fingerprint density at radius 3 is 2.49 bits per heavy atom. The Morgan fingerprint density at radius 1 is 0.914 bits per heavy atom. The van der Waals surface area contributed by atoms with E-state index in [0.717, 1.165) is 29.8 Å². The lowest BCUT2D eigenvalue weighted by Crippen LogP contribution is -2.28. The van der Waals surface area contributed by atoms with Crippen molar-refractivity contribution in [3.63, 3.8) is 0 Å². The monoisotopic (exact) mass is 491 g/mol. The van der Waals surface area contributed by atoms with E-state index in [1.54, 1.807) is 30.5 Å². The Morgan fingerprint density at radius 2 is 1.71 bits per heavy atom. The number of unbranched alkanes of at least 4 members (excludes halogenated alkanes) is 1. The molecule has 6 N–H and O–H groups in total. The standard InChI is InChI=1S/C25H29N7O2S/c26-19(13-14-21(27)29-23(34)17-20-11-6-7-15-28-20)10-4-5-12-24-31-32-25(35-24)30-22(33)16-18-8-2-1-3-9-18/h1-3,6-9,11,13-15H,4-5,10,12,16-17,26-27H2,(H,29,34)(H,30,32,33)/b19-13-,21-14+. The summed E-state index contributed by atoms with van der Waals surface area (Å²) in [4.78, 5) is 28.3. The highest BCUT2D eigenvalue weighted by Gasteiger charge is 2.09. The van der Waals surface area contributed by atoms with Crippen LogP contribution >= 0.6 is 11.3 Å². The number of aromatic nitrogens is 3. The van der Waals surface area contributed by atoms with Crippen LogP contribution in [0.15, 0.2) is 78.4 Å². The van der Waals surface area contributed by atoms with Crippen LogP contribution < -0.4 is 22.1 Å². The third-order valence-corrected chi connectivity index (χ3v) is 5.75. The molecule has 0 spiro atoms. The van der Waals surface area contributed by atoms with Gasteiger partial charge in [-0.25, -0.2) is 0 Å². The smallest absolute Gasteiger partial charge is 0.231 e. The number of pyridine rings is 1. The van der Waals surface area contributed by atoms with Crippen molar-refractivity contribution in [3.8, 4) is 0 Å². The van der Waals surface area contributed by atoms with Crippen molar-refractivity contribution in [1.29, 1.82) is 0 Å². The number of hydrogen-bond donors (Lipinski definition) is 4. The van der Waals surface area contributed by atoms with Gasteiger partial charge in [-0.15, -0.1) is 10.2 Å². The van der Waals surface area contributed by atoms with Crippen LogP contribution in [0.5, 0.6) is 0 Å². The van der Waals surface area contributed by atoms with Gasteiger partial charge in [-0.2, -0.15) is 0 Å². The van der Waals surface area contributed by atoms with Gasteiger partial charge in [0.1, 0.15) is 10.8 Å². The molecule has 182 valence electrons. The average Bonchev–Trinajstić information content (AvgIpc) is 3.28. The minimum atomic E-state index is -0.239. The molecule has 9 nitrogen and oxygen atoms in total. The van der Waals surface area contributed by atoms with E-state index in [2.05, 4.69) is 25.8 Å². The highest BCUT2D eigenvalue weighted by molar-refractivity contribution is 7.15. The predicted molar refractivity (Wildman–Crippen MR) is 137 cm³/mol. The van der Waals surface area contributed by atoms with Gasteiger partial charge in [0.25, 0.3) is 0 Å². The molecule has 3 aromatic rings. The summed E-state index contributed by atoms with van der Waals surface area (Å²) in [6.45, 7) is 0. The Kier molecular flexibility index (Phi) is 9.94. The van der Waals surface area contributed by atoms with Crippen LogP contribution in [-0.4, -0.2) is 27.0 Å². The topological polar surface area (TPSA) is 149 Å². The van der Waals surface area contributed by atoms with E-state index in [0.29, 0.717) is 29.4 Å². The first kappa shape index (κ1) is 25.6. The van der Waals surface area contributed by atoms with Crippen LogP contribution in [-0.2, 0) is 28.9 Å². The van der Waals surface area contributed by atoms with Gasteiger partial charge in [-0.3, -0.25) is 14.6 Å². The molecule has 2 aromatic heterocycles. The first-order chi connectivity index (χ1) is 17.0. The maximum atomic E-state index is 12.1. The van der Waals surface area contributed by atoms with Gasteiger partial charge in [-0.1, -0.05) is 47.7 Å². The van der Waals surface area contributed by atoms with E-state index in [1.807, 2.05) is 36.4 Å². The maximum absolute atomic E-state index is 12.1. The van der Waals surface area contributed by atoms with Crippen LogP contribution in [0.1, 0.15) is 35.5 Å². The van der Waals surface area contributed by atoms with Crippen LogP contribution in [0.3, 0.4) is 0 Å². The number of carbonyl (C=O) groups is 2. The number of carbonyl (C=O) groups excluding carboxylic acids is 2. The summed E-state index contributed by atoms with van der Waals surface area (Å²) in [5, 5.41) is 15.0. The molecule has 0 saturated carbocycles. The van der Waals surface area contributed by atoms with Gasteiger partial charge in [0.15, 0.2) is 0 Å². The number of nitrogens with zero attached hydrogens (tertiary/aromatic N) is 3. The predicted octanol–water partition coefficient (Wildman–Crippen LogP) is 2.83. The average molecular weight is 492 g/mol. The van der Waals surface area contributed by atoms with Gasteiger partial charge < -0.3 is 22.1 Å². The Labute approximate surface area is 208 Å². The molecule has 0 aliphatic heterocycles. The molecule has 2 amide bonds. The fourth-order valence-corrected chi connectivity index (χ4v) is 3.95. The largest absolute Gasteiger partial charge is 0.402 e. The van der Waals surface area contributed by atoms with Crippen LogP contribution in [0.2, 0.25) is 0 Å². The summed E-state index contributed by atoms with van der Waals surface area (Å²) in [7, 11) is 0. The van der Waals surface area contributed by atoms with E-state index >= 15 is 0 Å². The molecular weight excluding hydrogens is 462 g/mol. The van der Waals surface area contributed by atoms with Crippen LogP contribution in [0.4, 0.5) is 5.13 Å². The highest BCUT2D eigenvalue weighted by Crippen LogP contribution is 2.18. The molecule has 0 aliphatic rings. The zero-order chi connectivity index (χ0) is 24.9. The number of aryl methyl sites for hydroxylation is 1. The van der Waals surface area contributed by atoms with E-state index in [4.69, 9.17) is 11.5 Å². The molecule has 0 fully saturated rings. The summed E-state index contributed by atoms with van der Waals surface area (Å²) in [6, 6.07) is 14.9. The van der Waals surface area contributed by atoms with Crippen LogP contribution in [0, 0.1) is 0 Å². The lowest BCUT2D eigenvalue weighted by Gasteiger charge is -2.04. The van der Waals surface area contributed by atoms with Crippen molar-refractivity contribution in [2.24, 2.45) is 11.5 Å². The lowest BCUT2D eigenvalue weighted by molar-refractivity contribution is -0.119. The molecule has 0 saturated heterocycles. The molecule has 0 bridgehead atoms. The van der Waals surface area contributed by atoms with Crippen LogP contribution in [0.25, 0.3) is 0 Å². The van der Waals surface area contributed by atoms with Crippen molar-refractivity contribution >= 4 is 28.3 Å². The third kappa shape index (κ3) is 9.76. The molecule has 0 atom stereocenters. The van der Waals surface area contributed by atoms with Gasteiger partial charge in [-0.05, 0) is 49.1 Å². The van der Waals surface area contributed by atoms with Gasteiger partial charge in [0, 0.05) is 24.0 Å². The van der Waals surface area contributed by atoms with Gasteiger partial charge in [0.05, 0.1) is 12.8 Å². The summed E-state index contributed by atoms with van der Waals surface area (Å²) in [6.07, 6.45) is 8.54. The van der Waals surface area contributed by atoms with Crippen molar-refractivity contribution in [2.75, 3.05) is 5.32 Å². The molecule has 1 aromatic carbocycles. The van der Waals surface area contributed by atoms with E-state index in [1.165, 1.54) is 11.3 Å². The molecule has 2 heterocycles. The molecule has 3 rings (SSSR count). The second kappa shape index (κ2) is 13.6. The molecule has 0 radical (unpaired) electrons. The normalized spacial score (nSPS) is 11.8. The summed E-state index contributed by atoms with van der Waals surface area (Å²) in [5.74, 6) is -0.126.